The average molecular weight is 244 g/mol. The average Bonchev–Trinajstić information content (AvgIpc) is 2.35. The zero-order valence-electron chi connectivity index (χ0n) is 11.5. The normalized spacial score (nSPS) is 12.8. The van der Waals surface area contributed by atoms with E-state index in [9.17, 15) is 4.79 Å². The van der Waals surface area contributed by atoms with Crippen molar-refractivity contribution < 1.29 is 9.90 Å². The Morgan fingerprint density at radius 1 is 1.35 bits per heavy atom. The van der Waals surface area contributed by atoms with Gasteiger partial charge in [-0.2, -0.15) is 0 Å². The molecule has 0 aromatic carbocycles. The molecule has 0 bridgehead atoms. The first-order valence-corrected chi connectivity index (χ1v) is 6.70. The van der Waals surface area contributed by atoms with Crippen LogP contribution in [0.1, 0.15) is 46.5 Å². The summed E-state index contributed by atoms with van der Waals surface area (Å²) in [6.45, 7) is 7.32. The Kier molecular flexibility index (Phi) is 9.09. The van der Waals surface area contributed by atoms with Crippen molar-refractivity contribution in [2.45, 2.75) is 52.5 Å². The largest absolute Gasteiger partial charge is 0.395 e. The van der Waals surface area contributed by atoms with Crippen molar-refractivity contribution in [1.29, 1.82) is 0 Å². The van der Waals surface area contributed by atoms with Gasteiger partial charge in [0.15, 0.2) is 0 Å². The van der Waals surface area contributed by atoms with E-state index in [0.717, 1.165) is 19.3 Å². The fourth-order valence-electron chi connectivity index (χ4n) is 1.98. The molecule has 4 heteroatoms. The third-order valence-corrected chi connectivity index (χ3v) is 3.30. The van der Waals surface area contributed by atoms with Crippen LogP contribution in [0.4, 0.5) is 0 Å². The first-order valence-electron chi connectivity index (χ1n) is 6.70. The summed E-state index contributed by atoms with van der Waals surface area (Å²) in [5, 5.41) is 9.04. The summed E-state index contributed by atoms with van der Waals surface area (Å²) in [5.74, 6) is 0.532. The Morgan fingerprint density at radius 3 is 2.35 bits per heavy atom. The lowest BCUT2D eigenvalue weighted by atomic mass is 10.0. The van der Waals surface area contributed by atoms with Crippen LogP contribution in [0.3, 0.4) is 0 Å². The second kappa shape index (κ2) is 9.42. The topological polar surface area (TPSA) is 66.6 Å². The molecular weight excluding hydrogens is 216 g/mol. The van der Waals surface area contributed by atoms with E-state index >= 15 is 0 Å². The van der Waals surface area contributed by atoms with Gasteiger partial charge in [-0.05, 0) is 31.7 Å². The minimum Gasteiger partial charge on any atom is -0.395 e. The van der Waals surface area contributed by atoms with Crippen molar-refractivity contribution in [3.8, 4) is 0 Å². The van der Waals surface area contributed by atoms with E-state index in [-0.39, 0.29) is 18.6 Å². The Morgan fingerprint density at radius 2 is 1.94 bits per heavy atom. The van der Waals surface area contributed by atoms with Crippen LogP contribution in [0.2, 0.25) is 0 Å². The summed E-state index contributed by atoms with van der Waals surface area (Å²) in [6.07, 6.45) is 3.25. The summed E-state index contributed by atoms with van der Waals surface area (Å²) in [5.41, 5.74) is 5.54. The maximum absolute atomic E-state index is 12.1. The number of rotatable bonds is 9. The molecule has 0 rings (SSSR count). The van der Waals surface area contributed by atoms with Gasteiger partial charge in [0.2, 0.25) is 5.91 Å². The van der Waals surface area contributed by atoms with E-state index in [4.69, 9.17) is 10.8 Å². The molecule has 4 nitrogen and oxygen atoms in total. The first kappa shape index (κ1) is 16.4. The van der Waals surface area contributed by atoms with E-state index in [1.807, 2.05) is 4.90 Å². The second-order valence-corrected chi connectivity index (χ2v) is 4.66. The summed E-state index contributed by atoms with van der Waals surface area (Å²) in [6, 6.07) is 0.253. The number of carbonyl (C=O) groups excluding carboxylic acids is 1. The third-order valence-electron chi connectivity index (χ3n) is 3.30. The molecule has 17 heavy (non-hydrogen) atoms. The van der Waals surface area contributed by atoms with Crippen LogP contribution in [-0.4, -0.2) is 41.7 Å². The molecule has 102 valence electrons. The minimum absolute atomic E-state index is 0.0364. The van der Waals surface area contributed by atoms with Crippen LogP contribution in [0, 0.1) is 5.92 Å². The number of hydrogen-bond acceptors (Lipinski definition) is 3. The van der Waals surface area contributed by atoms with Crippen LogP contribution >= 0.6 is 0 Å². The highest BCUT2D eigenvalue weighted by molar-refractivity contribution is 5.76. The van der Waals surface area contributed by atoms with Crippen LogP contribution in [0.25, 0.3) is 0 Å². The summed E-state index contributed by atoms with van der Waals surface area (Å²) >= 11 is 0. The maximum atomic E-state index is 12.1. The van der Waals surface area contributed by atoms with Crippen LogP contribution in [-0.2, 0) is 4.79 Å². The highest BCUT2D eigenvalue weighted by Crippen LogP contribution is 2.13. The van der Waals surface area contributed by atoms with Crippen LogP contribution in [0.15, 0.2) is 0 Å². The fourth-order valence-corrected chi connectivity index (χ4v) is 1.98. The quantitative estimate of drug-likeness (QED) is 0.644. The zero-order valence-corrected chi connectivity index (χ0v) is 11.5. The SMILES string of the molecule is CCC(CC)N(CCO)C(=O)CCC(C)CN. The lowest BCUT2D eigenvalue weighted by Crippen LogP contribution is -2.41. The summed E-state index contributed by atoms with van der Waals surface area (Å²) < 4.78 is 0. The van der Waals surface area contributed by atoms with E-state index in [1.165, 1.54) is 0 Å². The van der Waals surface area contributed by atoms with Gasteiger partial charge in [0.25, 0.3) is 0 Å². The van der Waals surface area contributed by atoms with Gasteiger partial charge in [-0.25, -0.2) is 0 Å². The molecule has 0 saturated carbocycles. The van der Waals surface area contributed by atoms with E-state index in [1.54, 1.807) is 0 Å². The van der Waals surface area contributed by atoms with Gasteiger partial charge in [0, 0.05) is 19.0 Å². The van der Waals surface area contributed by atoms with Gasteiger partial charge < -0.3 is 15.7 Å². The molecule has 1 atom stereocenters. The van der Waals surface area contributed by atoms with Crippen LogP contribution in [0.5, 0.6) is 0 Å². The molecule has 0 aromatic rings. The van der Waals surface area contributed by atoms with Gasteiger partial charge in [-0.15, -0.1) is 0 Å². The molecule has 0 fully saturated rings. The summed E-state index contributed by atoms with van der Waals surface area (Å²) in [4.78, 5) is 13.9. The second-order valence-electron chi connectivity index (χ2n) is 4.66. The smallest absolute Gasteiger partial charge is 0.222 e. The standard InChI is InChI=1S/C13H28N2O2/c1-4-12(5-2)15(8-9-16)13(17)7-6-11(3)10-14/h11-12,16H,4-10,14H2,1-3H3. The molecule has 1 amide bonds. The third kappa shape index (κ3) is 6.03. The highest BCUT2D eigenvalue weighted by Gasteiger charge is 2.20. The van der Waals surface area contributed by atoms with Crippen molar-refractivity contribution in [2.75, 3.05) is 19.7 Å². The monoisotopic (exact) mass is 244 g/mol. The van der Waals surface area contributed by atoms with Crippen LogP contribution < -0.4 is 5.73 Å². The molecule has 1 unspecified atom stereocenters. The highest BCUT2D eigenvalue weighted by atomic mass is 16.3. The maximum Gasteiger partial charge on any atom is 0.222 e. The first-order chi connectivity index (χ1) is 8.10. The van der Waals surface area contributed by atoms with Gasteiger partial charge >= 0.3 is 0 Å². The molecule has 0 heterocycles. The lowest BCUT2D eigenvalue weighted by molar-refractivity contribution is -0.134. The predicted molar refractivity (Wildman–Crippen MR) is 70.6 cm³/mol. The van der Waals surface area contributed by atoms with Gasteiger partial charge in [-0.3, -0.25) is 4.79 Å². The van der Waals surface area contributed by atoms with E-state index in [0.29, 0.717) is 25.4 Å². The Bertz CT molecular complexity index is 206. The lowest BCUT2D eigenvalue weighted by Gasteiger charge is -2.30. The molecule has 0 aliphatic heterocycles. The fraction of sp³-hybridized carbons (Fsp3) is 0.923. The molecule has 0 aliphatic rings. The van der Waals surface area contributed by atoms with Crippen molar-refractivity contribution in [1.82, 2.24) is 4.90 Å². The molecule has 0 radical (unpaired) electrons. The van der Waals surface area contributed by atoms with E-state index < -0.39 is 0 Å². The molecular formula is C13H28N2O2. The number of nitrogens with zero attached hydrogens (tertiary/aromatic N) is 1. The number of amides is 1. The minimum atomic E-state index is 0.0364. The number of hydrogen-bond donors (Lipinski definition) is 2. The Balaban J connectivity index is 4.32. The zero-order chi connectivity index (χ0) is 13.3. The van der Waals surface area contributed by atoms with Crippen molar-refractivity contribution in [3.63, 3.8) is 0 Å². The van der Waals surface area contributed by atoms with Gasteiger partial charge in [-0.1, -0.05) is 20.8 Å². The number of aliphatic hydroxyl groups is 1. The van der Waals surface area contributed by atoms with Gasteiger partial charge in [0.05, 0.1) is 6.61 Å². The molecule has 0 aliphatic carbocycles. The predicted octanol–water partition coefficient (Wildman–Crippen LogP) is 1.37. The molecule has 0 spiro atoms. The Hall–Kier alpha value is -0.610. The van der Waals surface area contributed by atoms with Crippen molar-refractivity contribution >= 4 is 5.91 Å². The number of aliphatic hydroxyl groups excluding tert-OH is 1. The number of nitrogens with two attached hydrogens (primary N) is 1. The molecule has 0 saturated heterocycles. The molecule has 3 N–H and O–H groups in total. The van der Waals surface area contributed by atoms with Crippen molar-refractivity contribution in [3.05, 3.63) is 0 Å². The van der Waals surface area contributed by atoms with Gasteiger partial charge in [0.1, 0.15) is 0 Å². The van der Waals surface area contributed by atoms with Crippen molar-refractivity contribution in [2.24, 2.45) is 11.7 Å². The van der Waals surface area contributed by atoms with E-state index in [2.05, 4.69) is 20.8 Å². The number of carbonyl (C=O) groups is 1. The molecule has 0 aromatic heterocycles. The Labute approximate surface area is 105 Å². The summed E-state index contributed by atoms with van der Waals surface area (Å²) in [7, 11) is 0.